The van der Waals surface area contributed by atoms with Crippen molar-refractivity contribution in [2.75, 3.05) is 29.9 Å². The van der Waals surface area contributed by atoms with E-state index < -0.39 is 0 Å². The zero-order chi connectivity index (χ0) is 16.8. The number of hydrogen-bond donors (Lipinski definition) is 3. The van der Waals surface area contributed by atoms with Crippen LogP contribution >= 0.6 is 11.3 Å². The second kappa shape index (κ2) is 8.17. The number of nitrogens with one attached hydrogen (secondary N) is 2. The predicted molar refractivity (Wildman–Crippen MR) is 98.6 cm³/mol. The summed E-state index contributed by atoms with van der Waals surface area (Å²) in [7, 11) is 0. The highest BCUT2D eigenvalue weighted by molar-refractivity contribution is 7.08. The van der Waals surface area contributed by atoms with E-state index in [1.165, 1.54) is 5.69 Å². The van der Waals surface area contributed by atoms with Crippen LogP contribution in [0, 0.1) is 5.92 Å². The van der Waals surface area contributed by atoms with Crippen molar-refractivity contribution < 1.29 is 9.90 Å². The maximum atomic E-state index is 11.8. The summed E-state index contributed by atoms with van der Waals surface area (Å²) in [6.45, 7) is 2.78. The molecule has 128 valence electrons. The number of aliphatic hydroxyl groups excluding tert-OH is 1. The zero-order valence-electron chi connectivity index (χ0n) is 13.6. The molecular weight excluding hydrogens is 322 g/mol. The molecule has 0 aliphatic carbocycles. The number of benzene rings is 1. The van der Waals surface area contributed by atoms with Crippen molar-refractivity contribution in [1.82, 2.24) is 5.32 Å². The van der Waals surface area contributed by atoms with Crippen molar-refractivity contribution in [1.29, 1.82) is 0 Å². The van der Waals surface area contributed by atoms with Crippen LogP contribution in [0.5, 0.6) is 0 Å². The number of carbonyl (C=O) groups excluding carboxylic acids is 1. The number of hydrogen-bond acceptors (Lipinski definition) is 4. The van der Waals surface area contributed by atoms with Gasteiger partial charge in [-0.2, -0.15) is 11.3 Å². The maximum Gasteiger partial charge on any atom is 0.319 e. The van der Waals surface area contributed by atoms with Crippen LogP contribution in [-0.4, -0.2) is 30.8 Å². The fraction of sp³-hybridized carbons (Fsp3) is 0.389. The van der Waals surface area contributed by atoms with Crippen molar-refractivity contribution in [2.45, 2.75) is 19.4 Å². The fourth-order valence-corrected chi connectivity index (χ4v) is 3.48. The van der Waals surface area contributed by atoms with Crippen LogP contribution in [-0.2, 0) is 6.54 Å². The highest BCUT2D eigenvalue weighted by Crippen LogP contribution is 2.23. The van der Waals surface area contributed by atoms with Gasteiger partial charge in [-0.15, -0.1) is 0 Å². The quantitative estimate of drug-likeness (QED) is 0.779. The molecule has 0 saturated carbocycles. The predicted octanol–water partition coefficient (Wildman–Crippen LogP) is 3.28. The van der Waals surface area contributed by atoms with Gasteiger partial charge in [0.15, 0.2) is 0 Å². The number of aliphatic hydroxyl groups is 1. The Morgan fingerprint density at radius 3 is 2.58 bits per heavy atom. The molecule has 3 N–H and O–H groups in total. The third kappa shape index (κ3) is 4.49. The first kappa shape index (κ1) is 16.8. The molecule has 0 bridgehead atoms. The van der Waals surface area contributed by atoms with Gasteiger partial charge in [0.25, 0.3) is 0 Å². The van der Waals surface area contributed by atoms with Crippen molar-refractivity contribution in [2.24, 2.45) is 5.92 Å². The van der Waals surface area contributed by atoms with Gasteiger partial charge in [-0.3, -0.25) is 0 Å². The van der Waals surface area contributed by atoms with Gasteiger partial charge in [-0.25, -0.2) is 4.79 Å². The molecule has 2 amide bonds. The van der Waals surface area contributed by atoms with E-state index in [-0.39, 0.29) is 6.03 Å². The SMILES string of the molecule is O=C(NCc1ccc(N2CCC(CO)CC2)cc1)Nc1ccsc1. The zero-order valence-corrected chi connectivity index (χ0v) is 14.4. The number of piperidine rings is 1. The lowest BCUT2D eigenvalue weighted by molar-refractivity contribution is 0.203. The standard InChI is InChI=1S/C18H23N3O2S/c22-12-15-5-8-21(9-6-15)17-3-1-14(2-4-17)11-19-18(23)20-16-7-10-24-13-16/h1-4,7,10,13,15,22H,5-6,8-9,11-12H2,(H2,19,20,23). The third-order valence-corrected chi connectivity index (χ3v) is 5.09. The number of amides is 2. The Morgan fingerprint density at radius 1 is 1.21 bits per heavy atom. The van der Waals surface area contributed by atoms with Crippen LogP contribution in [0.15, 0.2) is 41.1 Å². The molecule has 1 aromatic heterocycles. The van der Waals surface area contributed by atoms with E-state index in [4.69, 9.17) is 0 Å². The first-order valence-electron chi connectivity index (χ1n) is 8.26. The number of nitrogens with zero attached hydrogens (tertiary/aromatic N) is 1. The molecule has 1 aromatic carbocycles. The van der Waals surface area contributed by atoms with Gasteiger partial charge >= 0.3 is 6.03 Å². The molecule has 0 unspecified atom stereocenters. The second-order valence-corrected chi connectivity index (χ2v) is 6.88. The van der Waals surface area contributed by atoms with Crippen molar-refractivity contribution >= 4 is 28.7 Å². The topological polar surface area (TPSA) is 64.6 Å². The number of urea groups is 1. The molecule has 5 nitrogen and oxygen atoms in total. The Balaban J connectivity index is 1.47. The molecule has 2 heterocycles. The lowest BCUT2D eigenvalue weighted by Crippen LogP contribution is -2.34. The Hall–Kier alpha value is -2.05. The first-order chi connectivity index (χ1) is 11.7. The second-order valence-electron chi connectivity index (χ2n) is 6.10. The molecular formula is C18H23N3O2S. The normalized spacial score (nSPS) is 15.3. The Bertz CT molecular complexity index is 635. The molecule has 1 aliphatic rings. The summed E-state index contributed by atoms with van der Waals surface area (Å²) < 4.78 is 0. The van der Waals surface area contributed by atoms with Crippen LogP contribution in [0.2, 0.25) is 0 Å². The summed E-state index contributed by atoms with van der Waals surface area (Å²) in [4.78, 5) is 14.2. The van der Waals surface area contributed by atoms with E-state index in [2.05, 4.69) is 39.8 Å². The van der Waals surface area contributed by atoms with Crippen LogP contribution in [0.1, 0.15) is 18.4 Å². The molecule has 24 heavy (non-hydrogen) atoms. The summed E-state index contributed by atoms with van der Waals surface area (Å²) in [5.74, 6) is 0.450. The molecule has 0 atom stereocenters. The highest BCUT2D eigenvalue weighted by Gasteiger charge is 2.18. The van der Waals surface area contributed by atoms with E-state index in [0.717, 1.165) is 37.2 Å². The molecule has 6 heteroatoms. The molecule has 1 aliphatic heterocycles. The van der Waals surface area contributed by atoms with Gasteiger partial charge in [0, 0.05) is 37.3 Å². The summed E-state index contributed by atoms with van der Waals surface area (Å²) in [5.41, 5.74) is 3.10. The lowest BCUT2D eigenvalue weighted by atomic mass is 9.97. The summed E-state index contributed by atoms with van der Waals surface area (Å²) in [6.07, 6.45) is 2.09. The Kier molecular flexibility index (Phi) is 5.72. The average molecular weight is 345 g/mol. The monoisotopic (exact) mass is 345 g/mol. The van der Waals surface area contributed by atoms with Gasteiger partial charge in [0.05, 0.1) is 5.69 Å². The van der Waals surface area contributed by atoms with Gasteiger partial charge in [-0.1, -0.05) is 12.1 Å². The molecule has 1 fully saturated rings. The van der Waals surface area contributed by atoms with Crippen LogP contribution in [0.25, 0.3) is 0 Å². The summed E-state index contributed by atoms with van der Waals surface area (Å²) in [6, 6.07) is 10.00. The maximum absolute atomic E-state index is 11.8. The van der Waals surface area contributed by atoms with Crippen molar-refractivity contribution in [3.05, 3.63) is 46.7 Å². The molecule has 2 aromatic rings. The molecule has 1 saturated heterocycles. The van der Waals surface area contributed by atoms with E-state index >= 15 is 0 Å². The minimum atomic E-state index is -0.191. The van der Waals surface area contributed by atoms with Gasteiger partial charge in [-0.05, 0) is 47.9 Å². The largest absolute Gasteiger partial charge is 0.396 e. The van der Waals surface area contributed by atoms with E-state index in [9.17, 15) is 9.90 Å². The number of thiophene rings is 1. The van der Waals surface area contributed by atoms with Gasteiger partial charge in [0.1, 0.15) is 0 Å². The van der Waals surface area contributed by atoms with Gasteiger partial charge < -0.3 is 20.6 Å². The molecule has 3 rings (SSSR count). The lowest BCUT2D eigenvalue weighted by Gasteiger charge is -2.33. The minimum Gasteiger partial charge on any atom is -0.396 e. The van der Waals surface area contributed by atoms with Gasteiger partial charge in [0.2, 0.25) is 0 Å². The van der Waals surface area contributed by atoms with Crippen molar-refractivity contribution in [3.63, 3.8) is 0 Å². The third-order valence-electron chi connectivity index (χ3n) is 4.41. The van der Waals surface area contributed by atoms with E-state index in [1.54, 1.807) is 11.3 Å². The Labute approximate surface area is 146 Å². The van der Waals surface area contributed by atoms with Crippen LogP contribution in [0.3, 0.4) is 0 Å². The number of carbonyl (C=O) groups is 1. The van der Waals surface area contributed by atoms with E-state index in [0.29, 0.717) is 19.1 Å². The number of anilines is 2. The fourth-order valence-electron chi connectivity index (χ4n) is 2.89. The van der Waals surface area contributed by atoms with Crippen LogP contribution in [0.4, 0.5) is 16.2 Å². The smallest absolute Gasteiger partial charge is 0.319 e. The summed E-state index contributed by atoms with van der Waals surface area (Å²) in [5, 5.41) is 18.7. The van der Waals surface area contributed by atoms with Crippen molar-refractivity contribution in [3.8, 4) is 0 Å². The van der Waals surface area contributed by atoms with E-state index in [1.807, 2.05) is 16.8 Å². The number of rotatable bonds is 5. The average Bonchev–Trinajstić information content (AvgIpc) is 3.13. The molecule has 0 radical (unpaired) electrons. The molecule has 0 spiro atoms. The summed E-state index contributed by atoms with van der Waals surface area (Å²) >= 11 is 1.55. The highest BCUT2D eigenvalue weighted by atomic mass is 32.1. The Morgan fingerprint density at radius 2 is 1.96 bits per heavy atom. The first-order valence-corrected chi connectivity index (χ1v) is 9.20. The van der Waals surface area contributed by atoms with Crippen LogP contribution < -0.4 is 15.5 Å². The minimum absolute atomic E-state index is 0.191.